The number of rotatable bonds is 6. The minimum atomic E-state index is -0.388. The van der Waals surface area contributed by atoms with Crippen molar-refractivity contribution in [1.82, 2.24) is 0 Å². The predicted molar refractivity (Wildman–Crippen MR) is 96.3 cm³/mol. The maximum Gasteiger partial charge on any atom is 0.175 e. The lowest BCUT2D eigenvalue weighted by Crippen LogP contribution is -1.98. The third kappa shape index (κ3) is 4.24. The molecule has 2 aromatic carbocycles. The van der Waals surface area contributed by atoms with Crippen LogP contribution in [-0.4, -0.2) is 13.7 Å². The molecule has 24 heavy (non-hydrogen) atoms. The number of methoxy groups -OCH3 is 1. The molecule has 2 rings (SSSR count). The van der Waals surface area contributed by atoms with Crippen LogP contribution in [0, 0.1) is 17.1 Å². The fourth-order valence-corrected chi connectivity index (χ4v) is 2.68. The van der Waals surface area contributed by atoms with Gasteiger partial charge in [0.1, 0.15) is 12.4 Å². The summed E-state index contributed by atoms with van der Waals surface area (Å²) in [4.78, 5) is 0. The van der Waals surface area contributed by atoms with E-state index in [9.17, 15) is 9.65 Å². The Balaban J connectivity index is 2.46. The van der Waals surface area contributed by atoms with E-state index in [-0.39, 0.29) is 5.82 Å². The van der Waals surface area contributed by atoms with Gasteiger partial charge in [0, 0.05) is 0 Å². The molecule has 0 atom stereocenters. The van der Waals surface area contributed by atoms with Gasteiger partial charge in [0.15, 0.2) is 11.5 Å². The highest BCUT2D eigenvalue weighted by Crippen LogP contribution is 2.37. The van der Waals surface area contributed by atoms with Crippen LogP contribution in [0.1, 0.15) is 11.1 Å². The molecule has 0 N–H and O–H groups in total. The smallest absolute Gasteiger partial charge is 0.175 e. The quantitative estimate of drug-likeness (QED) is 0.387. The van der Waals surface area contributed by atoms with E-state index in [2.05, 4.69) is 28.6 Å². The molecule has 0 saturated carbocycles. The molecular weight excluding hydrogens is 373 g/mol. The van der Waals surface area contributed by atoms with Crippen molar-refractivity contribution >= 4 is 27.6 Å². The minimum Gasteiger partial charge on any atom is -0.493 e. The van der Waals surface area contributed by atoms with Crippen LogP contribution in [0.15, 0.2) is 53.5 Å². The highest BCUT2D eigenvalue weighted by molar-refractivity contribution is 9.10. The molecule has 0 fully saturated rings. The standard InChI is InChI=1S/C19H15BrFNO2/c1-3-7-24-19-17(20)9-13(10-18(19)23-2)8-15(12-22)14-5-4-6-16(21)11-14/h3-6,8-11H,1,7H2,2H3/b15-8-. The van der Waals surface area contributed by atoms with E-state index in [4.69, 9.17) is 9.47 Å². The fourth-order valence-electron chi connectivity index (χ4n) is 2.11. The molecule has 0 aromatic heterocycles. The van der Waals surface area contributed by atoms with Gasteiger partial charge < -0.3 is 9.47 Å². The number of nitrogens with zero attached hydrogens (tertiary/aromatic N) is 1. The Hall–Kier alpha value is -2.58. The van der Waals surface area contributed by atoms with Crippen LogP contribution in [0.2, 0.25) is 0 Å². The number of nitriles is 1. The summed E-state index contributed by atoms with van der Waals surface area (Å²) in [7, 11) is 1.54. The molecule has 0 spiro atoms. The van der Waals surface area contributed by atoms with Crippen LogP contribution in [0.4, 0.5) is 4.39 Å². The molecule has 0 aliphatic heterocycles. The number of benzene rings is 2. The van der Waals surface area contributed by atoms with Crippen molar-refractivity contribution in [3.05, 3.63) is 70.5 Å². The van der Waals surface area contributed by atoms with Crippen molar-refractivity contribution in [2.75, 3.05) is 13.7 Å². The molecule has 0 radical (unpaired) electrons. The second kappa shape index (κ2) is 8.32. The molecule has 122 valence electrons. The van der Waals surface area contributed by atoms with Crippen LogP contribution >= 0.6 is 15.9 Å². The molecule has 0 saturated heterocycles. The van der Waals surface area contributed by atoms with E-state index in [0.29, 0.717) is 33.7 Å². The summed E-state index contributed by atoms with van der Waals surface area (Å²) in [5, 5.41) is 9.38. The lowest BCUT2D eigenvalue weighted by Gasteiger charge is -2.12. The Morgan fingerprint density at radius 1 is 1.38 bits per heavy atom. The normalized spacial score (nSPS) is 10.8. The first-order valence-electron chi connectivity index (χ1n) is 7.08. The lowest BCUT2D eigenvalue weighted by atomic mass is 10.0. The maximum atomic E-state index is 13.4. The lowest BCUT2D eigenvalue weighted by molar-refractivity contribution is 0.324. The van der Waals surface area contributed by atoms with Crippen molar-refractivity contribution in [3.8, 4) is 17.6 Å². The first kappa shape index (κ1) is 17.8. The molecule has 0 aliphatic carbocycles. The molecule has 0 aliphatic rings. The van der Waals surface area contributed by atoms with Gasteiger partial charge in [-0.1, -0.05) is 24.8 Å². The molecule has 0 amide bonds. The number of ether oxygens (including phenoxy) is 2. The van der Waals surface area contributed by atoms with Gasteiger partial charge in [-0.25, -0.2) is 4.39 Å². The second-order valence-corrected chi connectivity index (χ2v) is 5.67. The number of hydrogen-bond donors (Lipinski definition) is 0. The van der Waals surface area contributed by atoms with Crippen molar-refractivity contribution in [3.63, 3.8) is 0 Å². The predicted octanol–water partition coefficient (Wildman–Crippen LogP) is 5.23. The molecular formula is C19H15BrFNO2. The van der Waals surface area contributed by atoms with Crippen molar-refractivity contribution in [1.29, 1.82) is 5.26 Å². The molecule has 0 heterocycles. The van der Waals surface area contributed by atoms with Gasteiger partial charge in [0.05, 0.1) is 23.2 Å². The summed E-state index contributed by atoms with van der Waals surface area (Å²) in [6, 6.07) is 11.6. The number of allylic oxidation sites excluding steroid dienone is 1. The van der Waals surface area contributed by atoms with Gasteiger partial charge in [-0.05, 0) is 57.4 Å². The van der Waals surface area contributed by atoms with Crippen LogP contribution in [0.25, 0.3) is 11.6 Å². The number of hydrogen-bond acceptors (Lipinski definition) is 3. The third-order valence-corrected chi connectivity index (χ3v) is 3.75. The van der Waals surface area contributed by atoms with Crippen molar-refractivity contribution < 1.29 is 13.9 Å². The average molecular weight is 388 g/mol. The summed E-state index contributed by atoms with van der Waals surface area (Å²) < 4.78 is 25.0. The third-order valence-electron chi connectivity index (χ3n) is 3.16. The molecule has 5 heteroatoms. The average Bonchev–Trinajstić information content (AvgIpc) is 2.58. The Kier molecular flexibility index (Phi) is 6.16. The van der Waals surface area contributed by atoms with Gasteiger partial charge in [-0.2, -0.15) is 5.26 Å². The maximum absolute atomic E-state index is 13.4. The van der Waals surface area contributed by atoms with E-state index in [0.717, 1.165) is 5.56 Å². The number of halogens is 2. The van der Waals surface area contributed by atoms with E-state index in [1.807, 2.05) is 0 Å². The molecule has 0 unspecified atom stereocenters. The highest BCUT2D eigenvalue weighted by Gasteiger charge is 2.11. The zero-order valence-electron chi connectivity index (χ0n) is 13.1. The van der Waals surface area contributed by atoms with Crippen molar-refractivity contribution in [2.24, 2.45) is 0 Å². The Morgan fingerprint density at radius 3 is 2.79 bits per heavy atom. The van der Waals surface area contributed by atoms with Crippen LogP contribution < -0.4 is 9.47 Å². The van der Waals surface area contributed by atoms with Gasteiger partial charge in [-0.3, -0.25) is 0 Å². The summed E-state index contributed by atoms with van der Waals surface area (Å²) in [5.41, 5.74) is 1.59. The van der Waals surface area contributed by atoms with E-state index < -0.39 is 0 Å². The molecule has 0 bridgehead atoms. The largest absolute Gasteiger partial charge is 0.493 e. The Bertz CT molecular complexity index is 825. The second-order valence-electron chi connectivity index (χ2n) is 4.81. The molecule has 3 nitrogen and oxygen atoms in total. The Morgan fingerprint density at radius 2 is 2.17 bits per heavy atom. The zero-order valence-corrected chi connectivity index (χ0v) is 14.6. The SMILES string of the molecule is C=CCOc1c(Br)cc(/C=C(/C#N)c2cccc(F)c2)cc1OC. The van der Waals surface area contributed by atoms with Gasteiger partial charge in [-0.15, -0.1) is 0 Å². The zero-order chi connectivity index (χ0) is 17.5. The van der Waals surface area contributed by atoms with Crippen LogP contribution in [0.3, 0.4) is 0 Å². The molecule has 2 aromatic rings. The first-order chi connectivity index (χ1) is 11.6. The summed E-state index contributed by atoms with van der Waals surface area (Å²) in [6.45, 7) is 3.96. The van der Waals surface area contributed by atoms with Gasteiger partial charge in [0.2, 0.25) is 0 Å². The highest BCUT2D eigenvalue weighted by atomic mass is 79.9. The van der Waals surface area contributed by atoms with E-state index >= 15 is 0 Å². The van der Waals surface area contributed by atoms with E-state index in [1.165, 1.54) is 19.2 Å². The topological polar surface area (TPSA) is 42.2 Å². The monoisotopic (exact) mass is 387 g/mol. The Labute approximate surface area is 148 Å². The van der Waals surface area contributed by atoms with E-state index in [1.54, 1.807) is 36.4 Å². The summed E-state index contributed by atoms with van der Waals surface area (Å²) >= 11 is 3.44. The van der Waals surface area contributed by atoms with Crippen molar-refractivity contribution in [2.45, 2.75) is 0 Å². The first-order valence-corrected chi connectivity index (χ1v) is 7.87. The van der Waals surface area contributed by atoms with Crippen LogP contribution in [0.5, 0.6) is 11.5 Å². The summed E-state index contributed by atoms with van der Waals surface area (Å²) in [5.74, 6) is 0.688. The fraction of sp³-hybridized carbons (Fsp3) is 0.105. The van der Waals surface area contributed by atoms with Gasteiger partial charge in [0.25, 0.3) is 0 Å². The van der Waals surface area contributed by atoms with Crippen LogP contribution in [-0.2, 0) is 0 Å². The van der Waals surface area contributed by atoms with Gasteiger partial charge >= 0.3 is 0 Å². The minimum absolute atomic E-state index is 0.344. The summed E-state index contributed by atoms with van der Waals surface area (Å²) in [6.07, 6.45) is 3.30.